The van der Waals surface area contributed by atoms with Crippen molar-refractivity contribution in [3.05, 3.63) is 23.8 Å². The Morgan fingerprint density at radius 2 is 2.10 bits per heavy atom. The first kappa shape index (κ1) is 16.8. The van der Waals surface area contributed by atoms with Crippen molar-refractivity contribution in [2.75, 3.05) is 34.0 Å². The minimum absolute atomic E-state index is 0.266. The molecular formula is C15H25NO4. The van der Waals surface area contributed by atoms with Crippen LogP contribution >= 0.6 is 0 Å². The summed E-state index contributed by atoms with van der Waals surface area (Å²) in [7, 11) is 3.29. The van der Waals surface area contributed by atoms with E-state index in [0.717, 1.165) is 12.1 Å². The molecule has 0 bridgehead atoms. The van der Waals surface area contributed by atoms with Crippen LogP contribution < -0.4 is 14.8 Å². The van der Waals surface area contributed by atoms with E-state index in [-0.39, 0.29) is 6.61 Å². The number of hydrogen-bond donors (Lipinski definition) is 2. The standard InChI is InChI=1S/C15H25NO4/c1-4-13(17)11-20-15-12(10-16-8-9-18-2)6-5-7-14(15)19-3/h5-7,13,16-17H,4,8-11H2,1-3H3. The zero-order chi connectivity index (χ0) is 14.8. The molecule has 2 N–H and O–H groups in total. The zero-order valence-electron chi connectivity index (χ0n) is 12.5. The maximum absolute atomic E-state index is 9.62. The third-order valence-electron chi connectivity index (χ3n) is 2.97. The molecule has 0 radical (unpaired) electrons. The molecule has 0 aliphatic carbocycles. The average Bonchev–Trinajstić information content (AvgIpc) is 2.49. The van der Waals surface area contributed by atoms with Crippen molar-refractivity contribution in [1.29, 1.82) is 0 Å². The van der Waals surface area contributed by atoms with E-state index in [0.29, 0.717) is 31.1 Å². The van der Waals surface area contributed by atoms with Gasteiger partial charge in [0.15, 0.2) is 11.5 Å². The second kappa shape index (κ2) is 9.58. The third kappa shape index (κ3) is 5.36. The molecule has 0 amide bonds. The van der Waals surface area contributed by atoms with E-state index in [1.807, 2.05) is 25.1 Å². The smallest absolute Gasteiger partial charge is 0.165 e. The van der Waals surface area contributed by atoms with Gasteiger partial charge in [0.25, 0.3) is 0 Å². The molecule has 0 saturated carbocycles. The van der Waals surface area contributed by atoms with Gasteiger partial charge in [-0.25, -0.2) is 0 Å². The second-order valence-corrected chi connectivity index (χ2v) is 4.49. The SMILES string of the molecule is CCC(O)COc1c(CNCCOC)cccc1OC. The van der Waals surface area contributed by atoms with Crippen molar-refractivity contribution in [1.82, 2.24) is 5.32 Å². The van der Waals surface area contributed by atoms with Gasteiger partial charge >= 0.3 is 0 Å². The predicted octanol–water partition coefficient (Wildman–Crippen LogP) is 1.58. The molecule has 20 heavy (non-hydrogen) atoms. The largest absolute Gasteiger partial charge is 0.493 e. The summed E-state index contributed by atoms with van der Waals surface area (Å²) in [5, 5.41) is 12.9. The van der Waals surface area contributed by atoms with Crippen molar-refractivity contribution in [2.45, 2.75) is 26.0 Å². The Kier molecular flexibility index (Phi) is 8.02. The van der Waals surface area contributed by atoms with Gasteiger partial charge in [0, 0.05) is 25.8 Å². The highest BCUT2D eigenvalue weighted by molar-refractivity contribution is 5.46. The van der Waals surface area contributed by atoms with E-state index in [4.69, 9.17) is 14.2 Å². The fourth-order valence-corrected chi connectivity index (χ4v) is 1.72. The van der Waals surface area contributed by atoms with Crippen molar-refractivity contribution < 1.29 is 19.3 Å². The number of para-hydroxylation sites is 1. The minimum Gasteiger partial charge on any atom is -0.493 e. The monoisotopic (exact) mass is 283 g/mol. The van der Waals surface area contributed by atoms with Crippen LogP contribution in [0.3, 0.4) is 0 Å². The number of benzene rings is 1. The van der Waals surface area contributed by atoms with E-state index >= 15 is 0 Å². The van der Waals surface area contributed by atoms with Crippen LogP contribution in [-0.2, 0) is 11.3 Å². The maximum atomic E-state index is 9.62. The van der Waals surface area contributed by atoms with Crippen LogP contribution in [0.4, 0.5) is 0 Å². The Labute approximate surface area is 120 Å². The summed E-state index contributed by atoms with van der Waals surface area (Å²) in [6.07, 6.45) is 0.200. The summed E-state index contributed by atoms with van der Waals surface area (Å²) in [5.74, 6) is 1.37. The highest BCUT2D eigenvalue weighted by Gasteiger charge is 2.12. The summed E-state index contributed by atoms with van der Waals surface area (Å²) >= 11 is 0. The van der Waals surface area contributed by atoms with Crippen molar-refractivity contribution in [3.8, 4) is 11.5 Å². The number of nitrogens with one attached hydrogen (secondary N) is 1. The highest BCUT2D eigenvalue weighted by Crippen LogP contribution is 2.31. The number of ether oxygens (including phenoxy) is 3. The molecule has 1 rings (SSSR count). The van der Waals surface area contributed by atoms with Gasteiger partial charge in [0.2, 0.25) is 0 Å². The maximum Gasteiger partial charge on any atom is 0.165 e. The summed E-state index contributed by atoms with van der Waals surface area (Å²) in [6, 6.07) is 5.76. The van der Waals surface area contributed by atoms with E-state index in [1.54, 1.807) is 14.2 Å². The fraction of sp³-hybridized carbons (Fsp3) is 0.600. The molecule has 0 saturated heterocycles. The lowest BCUT2D eigenvalue weighted by Crippen LogP contribution is -2.20. The molecule has 0 aliphatic rings. The van der Waals surface area contributed by atoms with Gasteiger partial charge in [-0.3, -0.25) is 0 Å². The molecule has 0 heterocycles. The van der Waals surface area contributed by atoms with E-state index < -0.39 is 6.10 Å². The van der Waals surface area contributed by atoms with Gasteiger partial charge in [-0.15, -0.1) is 0 Å². The average molecular weight is 283 g/mol. The van der Waals surface area contributed by atoms with Crippen LogP contribution in [0.1, 0.15) is 18.9 Å². The Hall–Kier alpha value is -1.30. The molecule has 1 atom stereocenters. The summed E-state index contributed by atoms with van der Waals surface area (Å²) < 4.78 is 16.0. The summed E-state index contributed by atoms with van der Waals surface area (Å²) in [5.41, 5.74) is 1.00. The molecule has 5 heteroatoms. The normalized spacial score (nSPS) is 12.2. The molecule has 1 unspecified atom stereocenters. The van der Waals surface area contributed by atoms with Crippen molar-refractivity contribution >= 4 is 0 Å². The van der Waals surface area contributed by atoms with Gasteiger partial charge < -0.3 is 24.6 Å². The van der Waals surface area contributed by atoms with E-state index in [9.17, 15) is 5.11 Å². The van der Waals surface area contributed by atoms with E-state index in [2.05, 4.69) is 5.32 Å². The number of aliphatic hydroxyl groups excluding tert-OH is 1. The quantitative estimate of drug-likeness (QED) is 0.638. The lowest BCUT2D eigenvalue weighted by molar-refractivity contribution is 0.102. The first-order valence-corrected chi connectivity index (χ1v) is 6.89. The van der Waals surface area contributed by atoms with Crippen LogP contribution in [0.25, 0.3) is 0 Å². The number of aliphatic hydroxyl groups is 1. The molecule has 1 aromatic carbocycles. The third-order valence-corrected chi connectivity index (χ3v) is 2.97. The first-order chi connectivity index (χ1) is 9.72. The number of hydrogen-bond acceptors (Lipinski definition) is 5. The van der Waals surface area contributed by atoms with Crippen molar-refractivity contribution in [3.63, 3.8) is 0 Å². The van der Waals surface area contributed by atoms with Gasteiger partial charge in [0.1, 0.15) is 6.61 Å². The highest BCUT2D eigenvalue weighted by atomic mass is 16.5. The summed E-state index contributed by atoms with van der Waals surface area (Å²) in [6.45, 7) is 4.28. The van der Waals surface area contributed by atoms with Gasteiger partial charge in [0.05, 0.1) is 19.8 Å². The van der Waals surface area contributed by atoms with Crippen LogP contribution in [0, 0.1) is 0 Å². The zero-order valence-corrected chi connectivity index (χ0v) is 12.5. The van der Waals surface area contributed by atoms with Gasteiger partial charge in [-0.05, 0) is 12.5 Å². The molecular weight excluding hydrogens is 258 g/mol. The minimum atomic E-state index is -0.464. The number of methoxy groups -OCH3 is 2. The van der Waals surface area contributed by atoms with Crippen molar-refractivity contribution in [2.24, 2.45) is 0 Å². The van der Waals surface area contributed by atoms with Gasteiger partial charge in [-0.2, -0.15) is 0 Å². The van der Waals surface area contributed by atoms with Crippen LogP contribution in [0.15, 0.2) is 18.2 Å². The Balaban J connectivity index is 2.70. The lowest BCUT2D eigenvalue weighted by atomic mass is 10.2. The molecule has 114 valence electrons. The van der Waals surface area contributed by atoms with Crippen LogP contribution in [0.5, 0.6) is 11.5 Å². The second-order valence-electron chi connectivity index (χ2n) is 4.49. The lowest BCUT2D eigenvalue weighted by Gasteiger charge is -2.17. The molecule has 1 aromatic rings. The Bertz CT molecular complexity index is 384. The van der Waals surface area contributed by atoms with Crippen LogP contribution in [-0.4, -0.2) is 45.2 Å². The summed E-state index contributed by atoms with van der Waals surface area (Å²) in [4.78, 5) is 0. The Morgan fingerprint density at radius 3 is 2.75 bits per heavy atom. The molecule has 0 aromatic heterocycles. The molecule has 0 aliphatic heterocycles. The van der Waals surface area contributed by atoms with Crippen LogP contribution in [0.2, 0.25) is 0 Å². The Morgan fingerprint density at radius 1 is 1.30 bits per heavy atom. The predicted molar refractivity (Wildman–Crippen MR) is 78.4 cm³/mol. The van der Waals surface area contributed by atoms with Gasteiger partial charge in [-0.1, -0.05) is 19.1 Å². The molecule has 5 nitrogen and oxygen atoms in total. The number of rotatable bonds is 10. The topological polar surface area (TPSA) is 60.0 Å². The first-order valence-electron chi connectivity index (χ1n) is 6.89. The molecule has 0 spiro atoms. The fourth-order valence-electron chi connectivity index (χ4n) is 1.72. The molecule has 0 fully saturated rings. The van der Waals surface area contributed by atoms with E-state index in [1.165, 1.54) is 0 Å².